The summed E-state index contributed by atoms with van der Waals surface area (Å²) in [6.45, 7) is 0.475. The van der Waals surface area contributed by atoms with Crippen molar-refractivity contribution >= 4 is 0 Å². The Labute approximate surface area is 116 Å². The van der Waals surface area contributed by atoms with E-state index in [1.165, 1.54) is 56.9 Å². The molecule has 19 heavy (non-hydrogen) atoms. The molecule has 2 heteroatoms. The van der Waals surface area contributed by atoms with Crippen LogP contribution in [0.2, 0.25) is 0 Å². The summed E-state index contributed by atoms with van der Waals surface area (Å²) < 4.78 is 5.69. The normalized spacial score (nSPS) is 18.4. The van der Waals surface area contributed by atoms with Gasteiger partial charge in [0, 0.05) is 0 Å². The molecule has 1 fully saturated rings. The molecule has 0 amide bonds. The van der Waals surface area contributed by atoms with Gasteiger partial charge in [-0.2, -0.15) is 0 Å². The summed E-state index contributed by atoms with van der Waals surface area (Å²) in [7, 11) is 0. The van der Waals surface area contributed by atoms with Crippen molar-refractivity contribution in [3.63, 3.8) is 0 Å². The molecule has 2 rings (SSSR count). The van der Waals surface area contributed by atoms with Gasteiger partial charge in [-0.3, -0.25) is 0 Å². The zero-order valence-electron chi connectivity index (χ0n) is 11.8. The van der Waals surface area contributed by atoms with Crippen molar-refractivity contribution in [3.05, 3.63) is 29.8 Å². The fraction of sp³-hybridized carbons (Fsp3) is 0.647. The molecule has 0 unspecified atom stereocenters. The van der Waals surface area contributed by atoms with E-state index in [9.17, 15) is 0 Å². The highest BCUT2D eigenvalue weighted by atomic mass is 16.5. The number of hydrogen-bond acceptors (Lipinski definition) is 2. The maximum Gasteiger partial charge on any atom is 0.122 e. The summed E-state index contributed by atoms with van der Waals surface area (Å²) in [5.41, 5.74) is 1.35. The number of aliphatic hydroxyl groups excluding tert-OH is 1. The highest BCUT2D eigenvalue weighted by Crippen LogP contribution is 2.35. The van der Waals surface area contributed by atoms with Crippen LogP contribution in [0.4, 0.5) is 0 Å². The summed E-state index contributed by atoms with van der Waals surface area (Å²) in [6.07, 6.45) is 10.8. The molecule has 0 spiro atoms. The van der Waals surface area contributed by atoms with Gasteiger partial charge >= 0.3 is 0 Å². The number of para-hydroxylation sites is 1. The van der Waals surface area contributed by atoms with Gasteiger partial charge in [0.15, 0.2) is 0 Å². The van der Waals surface area contributed by atoms with Gasteiger partial charge in [-0.05, 0) is 30.4 Å². The summed E-state index contributed by atoms with van der Waals surface area (Å²) in [4.78, 5) is 0. The summed E-state index contributed by atoms with van der Waals surface area (Å²) in [6, 6.07) is 8.37. The van der Waals surface area contributed by atoms with Crippen molar-refractivity contribution in [2.75, 3.05) is 13.2 Å². The van der Waals surface area contributed by atoms with Crippen molar-refractivity contribution < 1.29 is 9.84 Å². The van der Waals surface area contributed by atoms with Crippen LogP contribution in [0.1, 0.15) is 62.8 Å². The van der Waals surface area contributed by atoms with E-state index in [0.717, 1.165) is 5.75 Å². The molecule has 106 valence electrons. The van der Waals surface area contributed by atoms with Crippen molar-refractivity contribution in [1.29, 1.82) is 0 Å². The first-order valence-corrected chi connectivity index (χ1v) is 7.74. The number of hydrogen-bond donors (Lipinski definition) is 1. The number of rotatable bonds is 4. The minimum atomic E-state index is 0.0823. The molecule has 0 aliphatic heterocycles. The number of benzene rings is 1. The molecule has 1 aromatic rings. The molecule has 2 nitrogen and oxygen atoms in total. The van der Waals surface area contributed by atoms with Gasteiger partial charge in [-0.1, -0.05) is 56.7 Å². The summed E-state index contributed by atoms with van der Waals surface area (Å²) >= 11 is 0. The monoisotopic (exact) mass is 262 g/mol. The van der Waals surface area contributed by atoms with Gasteiger partial charge < -0.3 is 9.84 Å². The first kappa shape index (κ1) is 14.4. The van der Waals surface area contributed by atoms with Crippen LogP contribution in [0.5, 0.6) is 5.75 Å². The van der Waals surface area contributed by atoms with Crippen LogP contribution in [0.15, 0.2) is 24.3 Å². The van der Waals surface area contributed by atoms with E-state index in [1.54, 1.807) is 0 Å². The van der Waals surface area contributed by atoms with Gasteiger partial charge in [-0.25, -0.2) is 0 Å². The van der Waals surface area contributed by atoms with Gasteiger partial charge in [0.05, 0.1) is 6.61 Å². The molecular weight excluding hydrogens is 236 g/mol. The average Bonchev–Trinajstić information content (AvgIpc) is 2.59. The van der Waals surface area contributed by atoms with Crippen LogP contribution in [0.3, 0.4) is 0 Å². The lowest BCUT2D eigenvalue weighted by molar-refractivity contribution is 0.199. The third-order valence-corrected chi connectivity index (χ3v) is 4.06. The Bertz CT molecular complexity index is 352. The van der Waals surface area contributed by atoms with E-state index in [-0.39, 0.29) is 6.61 Å². The lowest BCUT2D eigenvalue weighted by atomic mass is 9.89. The molecule has 0 heterocycles. The second-order valence-electron chi connectivity index (χ2n) is 5.51. The highest BCUT2D eigenvalue weighted by molar-refractivity contribution is 5.36. The standard InChI is InChI=1S/C17H26O2/c18-13-14-19-17-12-8-7-11-16(17)15-9-5-3-1-2-4-6-10-15/h7-8,11-12,15,18H,1-6,9-10,13-14H2. The third-order valence-electron chi connectivity index (χ3n) is 4.06. The van der Waals surface area contributed by atoms with Crippen LogP contribution >= 0.6 is 0 Å². The quantitative estimate of drug-likeness (QED) is 0.877. The molecule has 1 aliphatic carbocycles. The van der Waals surface area contributed by atoms with Crippen molar-refractivity contribution in [2.24, 2.45) is 0 Å². The number of aliphatic hydroxyl groups is 1. The molecule has 0 bridgehead atoms. The number of ether oxygens (including phenoxy) is 1. The molecule has 1 aromatic carbocycles. The highest BCUT2D eigenvalue weighted by Gasteiger charge is 2.16. The zero-order chi connectivity index (χ0) is 13.3. The minimum absolute atomic E-state index is 0.0823. The van der Waals surface area contributed by atoms with Gasteiger partial charge in [0.2, 0.25) is 0 Å². The van der Waals surface area contributed by atoms with Crippen LogP contribution in [-0.4, -0.2) is 18.3 Å². The maximum atomic E-state index is 8.92. The second kappa shape index (κ2) is 8.21. The predicted molar refractivity (Wildman–Crippen MR) is 78.7 cm³/mol. The molecule has 0 saturated heterocycles. The fourth-order valence-electron chi connectivity index (χ4n) is 3.05. The first-order chi connectivity index (χ1) is 9.42. The van der Waals surface area contributed by atoms with Crippen LogP contribution < -0.4 is 4.74 Å². The Hall–Kier alpha value is -1.02. The zero-order valence-corrected chi connectivity index (χ0v) is 11.8. The Kier molecular flexibility index (Phi) is 6.22. The predicted octanol–water partition coefficient (Wildman–Crippen LogP) is 4.28. The van der Waals surface area contributed by atoms with Crippen molar-refractivity contribution in [3.8, 4) is 5.75 Å². The Balaban J connectivity index is 2.08. The SMILES string of the molecule is OCCOc1ccccc1C1CCCCCCCC1. The molecule has 1 aliphatic rings. The molecule has 0 atom stereocenters. The van der Waals surface area contributed by atoms with E-state index in [1.807, 2.05) is 12.1 Å². The lowest BCUT2D eigenvalue weighted by Gasteiger charge is -2.20. The molecular formula is C17H26O2. The van der Waals surface area contributed by atoms with Crippen molar-refractivity contribution in [1.82, 2.24) is 0 Å². The summed E-state index contributed by atoms with van der Waals surface area (Å²) in [5, 5.41) is 8.92. The molecule has 0 radical (unpaired) electrons. The van der Waals surface area contributed by atoms with E-state index in [4.69, 9.17) is 9.84 Å². The van der Waals surface area contributed by atoms with Crippen molar-refractivity contribution in [2.45, 2.75) is 57.3 Å². The smallest absolute Gasteiger partial charge is 0.122 e. The van der Waals surface area contributed by atoms with Gasteiger partial charge in [0.1, 0.15) is 12.4 Å². The minimum Gasteiger partial charge on any atom is -0.491 e. The maximum absolute atomic E-state index is 8.92. The van der Waals surface area contributed by atoms with Gasteiger partial charge in [0.25, 0.3) is 0 Å². The van der Waals surface area contributed by atoms with E-state index < -0.39 is 0 Å². The van der Waals surface area contributed by atoms with Crippen LogP contribution in [-0.2, 0) is 0 Å². The molecule has 1 saturated carbocycles. The van der Waals surface area contributed by atoms with E-state index >= 15 is 0 Å². The van der Waals surface area contributed by atoms with E-state index in [2.05, 4.69) is 12.1 Å². The molecule has 1 N–H and O–H groups in total. The lowest BCUT2D eigenvalue weighted by Crippen LogP contribution is -2.07. The molecule has 0 aromatic heterocycles. The average molecular weight is 262 g/mol. The third kappa shape index (κ3) is 4.54. The summed E-state index contributed by atoms with van der Waals surface area (Å²) in [5.74, 6) is 1.61. The second-order valence-corrected chi connectivity index (χ2v) is 5.51. The first-order valence-electron chi connectivity index (χ1n) is 7.74. The largest absolute Gasteiger partial charge is 0.491 e. The Morgan fingerprint density at radius 2 is 1.58 bits per heavy atom. The Morgan fingerprint density at radius 1 is 0.947 bits per heavy atom. The fourth-order valence-corrected chi connectivity index (χ4v) is 3.05. The van der Waals surface area contributed by atoms with Gasteiger partial charge in [-0.15, -0.1) is 0 Å². The van der Waals surface area contributed by atoms with Crippen LogP contribution in [0, 0.1) is 0 Å². The topological polar surface area (TPSA) is 29.5 Å². The van der Waals surface area contributed by atoms with E-state index in [0.29, 0.717) is 12.5 Å². The Morgan fingerprint density at radius 3 is 2.26 bits per heavy atom. The van der Waals surface area contributed by atoms with Crippen LogP contribution in [0.25, 0.3) is 0 Å².